The molecule has 2 N–H and O–H groups in total. The second-order valence-electron chi connectivity index (χ2n) is 5.43. The molecule has 2 aliphatic heterocycles. The zero-order valence-corrected chi connectivity index (χ0v) is 14.2. The van der Waals surface area contributed by atoms with Gasteiger partial charge in [0.25, 0.3) is 11.8 Å². The maximum atomic E-state index is 12.2. The molecule has 0 radical (unpaired) electrons. The molecule has 3 rings (SSSR count). The summed E-state index contributed by atoms with van der Waals surface area (Å²) in [4.78, 5) is 37.4. The molecule has 9 heteroatoms. The Labute approximate surface area is 146 Å². The first-order valence-corrected chi connectivity index (χ1v) is 8.93. The lowest BCUT2D eigenvalue weighted by molar-refractivity contribution is -0.145. The van der Waals surface area contributed by atoms with Crippen molar-refractivity contribution in [2.45, 2.75) is 11.4 Å². The highest BCUT2D eigenvalue weighted by atomic mass is 32.2. The van der Waals surface area contributed by atoms with E-state index in [1.54, 1.807) is 24.3 Å². The van der Waals surface area contributed by atoms with Crippen molar-refractivity contribution >= 4 is 28.0 Å². The zero-order chi connectivity index (χ0) is 18.0. The monoisotopic (exact) mass is 365 g/mol. The minimum absolute atomic E-state index is 0.0597. The van der Waals surface area contributed by atoms with Crippen LogP contribution in [0.2, 0.25) is 0 Å². The SMILES string of the molecule is COC(=O)[S+]1CC(O)=CN2C(=O)C(NC(=O)COc3ccccc3)[C@H]21. The number of aliphatic hydroxyl groups is 1. The van der Waals surface area contributed by atoms with E-state index in [1.165, 1.54) is 18.2 Å². The van der Waals surface area contributed by atoms with Gasteiger partial charge in [-0.1, -0.05) is 18.2 Å². The van der Waals surface area contributed by atoms with Gasteiger partial charge in [-0.25, -0.2) is 0 Å². The molecular weight excluding hydrogens is 348 g/mol. The summed E-state index contributed by atoms with van der Waals surface area (Å²) in [5.74, 6) is -0.275. The summed E-state index contributed by atoms with van der Waals surface area (Å²) in [5.41, 5.74) is 0. The van der Waals surface area contributed by atoms with Crippen LogP contribution in [-0.4, -0.2) is 58.0 Å². The number of rotatable bonds is 4. The Morgan fingerprint density at radius 3 is 2.76 bits per heavy atom. The molecule has 0 spiro atoms. The number of amides is 2. The van der Waals surface area contributed by atoms with Crippen LogP contribution in [0.5, 0.6) is 5.75 Å². The van der Waals surface area contributed by atoms with E-state index >= 15 is 0 Å². The third kappa shape index (κ3) is 3.41. The third-order valence-corrected chi connectivity index (χ3v) is 6.06. The number of ether oxygens (including phenoxy) is 2. The van der Waals surface area contributed by atoms with Gasteiger partial charge in [0, 0.05) is 0 Å². The van der Waals surface area contributed by atoms with Gasteiger partial charge in [-0.05, 0) is 12.1 Å². The van der Waals surface area contributed by atoms with Gasteiger partial charge in [0.2, 0.25) is 5.37 Å². The number of hydrogen-bond donors (Lipinski definition) is 2. The first kappa shape index (κ1) is 17.2. The number of hydrogen-bond acceptors (Lipinski definition) is 6. The summed E-state index contributed by atoms with van der Waals surface area (Å²) in [6.07, 6.45) is 1.29. The Kier molecular flexibility index (Phi) is 4.84. The number of fused-ring (bicyclic) bond motifs is 1. The van der Waals surface area contributed by atoms with Gasteiger partial charge < -0.3 is 19.9 Å². The number of methoxy groups -OCH3 is 1. The minimum atomic E-state index is -1.04. The van der Waals surface area contributed by atoms with Crippen LogP contribution in [0.15, 0.2) is 42.3 Å². The van der Waals surface area contributed by atoms with Crippen LogP contribution in [0.1, 0.15) is 0 Å². The fourth-order valence-electron chi connectivity index (χ4n) is 2.65. The van der Waals surface area contributed by atoms with Crippen molar-refractivity contribution in [1.29, 1.82) is 0 Å². The van der Waals surface area contributed by atoms with Gasteiger partial charge in [0.05, 0.1) is 13.3 Å². The van der Waals surface area contributed by atoms with Crippen molar-refractivity contribution in [3.05, 3.63) is 42.3 Å². The Bertz CT molecular complexity index is 723. The summed E-state index contributed by atoms with van der Waals surface area (Å²) >= 11 is 0. The maximum absolute atomic E-state index is 12.2. The van der Waals surface area contributed by atoms with Crippen molar-refractivity contribution in [2.75, 3.05) is 19.5 Å². The molecule has 2 unspecified atom stereocenters. The molecule has 0 bridgehead atoms. The number of para-hydroxylation sites is 1. The predicted octanol–water partition coefficient (Wildman–Crippen LogP) is 0.516. The molecule has 8 nitrogen and oxygen atoms in total. The molecule has 2 amide bonds. The maximum Gasteiger partial charge on any atom is 0.527 e. The van der Waals surface area contributed by atoms with Crippen LogP contribution in [-0.2, 0) is 25.2 Å². The minimum Gasteiger partial charge on any atom is -0.506 e. The van der Waals surface area contributed by atoms with E-state index in [4.69, 9.17) is 9.47 Å². The number of carbonyl (C=O) groups excluding carboxylic acids is 3. The Balaban J connectivity index is 1.63. The molecule has 0 aromatic heterocycles. The molecule has 25 heavy (non-hydrogen) atoms. The normalized spacial score (nSPS) is 24.5. The topological polar surface area (TPSA) is 105 Å². The molecule has 0 saturated carbocycles. The zero-order valence-electron chi connectivity index (χ0n) is 13.4. The second kappa shape index (κ2) is 7.06. The molecule has 1 fully saturated rings. The molecule has 2 aliphatic rings. The van der Waals surface area contributed by atoms with Crippen molar-refractivity contribution < 1.29 is 29.0 Å². The quantitative estimate of drug-likeness (QED) is 0.458. The highest BCUT2D eigenvalue weighted by Crippen LogP contribution is 2.33. The van der Waals surface area contributed by atoms with Crippen LogP contribution in [0.4, 0.5) is 4.79 Å². The number of carbonyl (C=O) groups is 3. The Morgan fingerprint density at radius 1 is 1.36 bits per heavy atom. The van der Waals surface area contributed by atoms with E-state index in [-0.39, 0.29) is 24.0 Å². The lowest BCUT2D eigenvalue weighted by Crippen LogP contribution is -2.73. The first-order valence-electron chi connectivity index (χ1n) is 7.48. The summed E-state index contributed by atoms with van der Waals surface area (Å²) < 4.78 is 10.1. The summed E-state index contributed by atoms with van der Waals surface area (Å²) in [5, 5.41) is 11.2. The van der Waals surface area contributed by atoms with Gasteiger partial charge in [-0.3, -0.25) is 14.5 Å². The fraction of sp³-hybridized carbons (Fsp3) is 0.312. The van der Waals surface area contributed by atoms with E-state index in [0.29, 0.717) is 5.75 Å². The van der Waals surface area contributed by atoms with Crippen LogP contribution in [0, 0.1) is 0 Å². The largest absolute Gasteiger partial charge is 0.527 e. The van der Waals surface area contributed by atoms with Crippen LogP contribution < -0.4 is 10.1 Å². The molecular formula is C16H17N2O6S+. The third-order valence-electron chi connectivity index (χ3n) is 3.77. The molecule has 1 aromatic carbocycles. The Hall–Kier alpha value is -2.68. The lowest BCUT2D eigenvalue weighted by atomic mass is 10.1. The second-order valence-corrected chi connectivity index (χ2v) is 7.39. The average Bonchev–Trinajstić information content (AvgIpc) is 2.64. The summed E-state index contributed by atoms with van der Waals surface area (Å²) in [6.45, 7) is -0.242. The lowest BCUT2D eigenvalue weighted by Gasteiger charge is -2.43. The van der Waals surface area contributed by atoms with Crippen LogP contribution in [0.25, 0.3) is 0 Å². The number of β-lactam (4-membered cyclic amide) rings is 1. The highest BCUT2D eigenvalue weighted by molar-refractivity contribution is 8.11. The van der Waals surface area contributed by atoms with Crippen molar-refractivity contribution in [1.82, 2.24) is 10.2 Å². The Morgan fingerprint density at radius 2 is 2.08 bits per heavy atom. The number of aliphatic hydroxyl groups excluding tert-OH is 1. The smallest absolute Gasteiger partial charge is 0.506 e. The predicted molar refractivity (Wildman–Crippen MR) is 89.9 cm³/mol. The van der Waals surface area contributed by atoms with Crippen LogP contribution >= 0.6 is 0 Å². The van der Waals surface area contributed by atoms with Crippen molar-refractivity contribution in [3.63, 3.8) is 0 Å². The molecule has 2 heterocycles. The van der Waals surface area contributed by atoms with Crippen molar-refractivity contribution in [2.24, 2.45) is 0 Å². The van der Waals surface area contributed by atoms with Gasteiger partial charge >= 0.3 is 5.30 Å². The summed E-state index contributed by atoms with van der Waals surface area (Å²) in [6, 6.07) is 7.99. The number of benzene rings is 1. The van der Waals surface area contributed by atoms with Gasteiger partial charge in [-0.15, -0.1) is 0 Å². The van der Waals surface area contributed by atoms with E-state index in [1.807, 2.05) is 6.07 Å². The van der Waals surface area contributed by atoms with E-state index in [2.05, 4.69) is 5.32 Å². The molecule has 0 aliphatic carbocycles. The van der Waals surface area contributed by atoms with Gasteiger partial charge in [0.1, 0.15) is 16.6 Å². The highest BCUT2D eigenvalue weighted by Gasteiger charge is 2.63. The van der Waals surface area contributed by atoms with Gasteiger partial charge in [-0.2, -0.15) is 4.79 Å². The molecule has 1 saturated heterocycles. The fourth-order valence-corrected chi connectivity index (χ4v) is 4.69. The first-order chi connectivity index (χ1) is 12.0. The van der Waals surface area contributed by atoms with Gasteiger partial charge in [0.15, 0.2) is 24.2 Å². The summed E-state index contributed by atoms with van der Waals surface area (Å²) in [7, 11) is 0.202. The molecule has 1 aromatic rings. The average molecular weight is 365 g/mol. The van der Waals surface area contributed by atoms with E-state index in [0.717, 1.165) is 0 Å². The number of nitrogens with one attached hydrogen (secondary N) is 1. The standard InChI is InChI=1S/C16H16N2O6S/c1-23-16(22)25-9-10(19)7-18-14(21)13(15(18)25)17-12(20)8-24-11-5-3-2-4-6-11/h2-7,13,15H,8-9H2,1H3,(H-,17,19,20)/p+1/t13?,15-,25?/m1/s1. The van der Waals surface area contributed by atoms with E-state index < -0.39 is 33.5 Å². The van der Waals surface area contributed by atoms with Crippen LogP contribution in [0.3, 0.4) is 0 Å². The molecule has 132 valence electrons. The van der Waals surface area contributed by atoms with Crippen molar-refractivity contribution in [3.8, 4) is 5.75 Å². The molecule has 3 atom stereocenters. The number of nitrogens with zero attached hydrogens (tertiary/aromatic N) is 1. The van der Waals surface area contributed by atoms with E-state index in [9.17, 15) is 19.5 Å².